The highest BCUT2D eigenvalue weighted by molar-refractivity contribution is 7.13. The van der Waals surface area contributed by atoms with Crippen molar-refractivity contribution in [2.75, 3.05) is 0 Å². The highest BCUT2D eigenvalue weighted by Crippen LogP contribution is 2.27. The largest absolute Gasteiger partial charge is 0.459 e. The summed E-state index contributed by atoms with van der Waals surface area (Å²) >= 11 is 1.50. The molecule has 5 rings (SSSR count). The summed E-state index contributed by atoms with van der Waals surface area (Å²) in [6.45, 7) is 0.382. The van der Waals surface area contributed by atoms with Crippen LogP contribution in [-0.2, 0) is 29.1 Å². The fourth-order valence-electron chi connectivity index (χ4n) is 3.82. The number of amides is 1. The molecule has 0 fully saturated rings. The average Bonchev–Trinajstić information content (AvgIpc) is 3.54. The molecule has 1 atom stereocenters. The number of hydrogen-bond donors (Lipinski definition) is 0. The van der Waals surface area contributed by atoms with Gasteiger partial charge >= 0.3 is 5.97 Å². The van der Waals surface area contributed by atoms with Crippen LogP contribution in [0.5, 0.6) is 0 Å². The third-order valence-corrected chi connectivity index (χ3v) is 6.39. The standard InChI is InChI=1S/C25H20N2O4S/c28-24(22-11-6-12-30-22)27-14-19-10-5-4-9-18(19)13-21(27)25(29)31-15-20-16-32-23(26-20)17-7-2-1-3-8-17/h1-12,16,21H,13-15H2/t21-/m0/s1. The van der Waals surface area contributed by atoms with Gasteiger partial charge in [0.15, 0.2) is 5.76 Å². The molecule has 0 aliphatic carbocycles. The van der Waals surface area contributed by atoms with Gasteiger partial charge in [-0.25, -0.2) is 9.78 Å². The second kappa shape index (κ2) is 8.80. The van der Waals surface area contributed by atoms with Gasteiger partial charge in [-0.1, -0.05) is 54.6 Å². The van der Waals surface area contributed by atoms with Crippen LogP contribution in [0.25, 0.3) is 10.6 Å². The fraction of sp³-hybridized carbons (Fsp3) is 0.160. The maximum Gasteiger partial charge on any atom is 0.329 e. The molecule has 0 unspecified atom stereocenters. The number of esters is 1. The zero-order valence-electron chi connectivity index (χ0n) is 17.1. The normalized spacial score (nSPS) is 15.2. The molecule has 6 nitrogen and oxygen atoms in total. The van der Waals surface area contributed by atoms with Crippen molar-refractivity contribution < 1.29 is 18.7 Å². The smallest absolute Gasteiger partial charge is 0.329 e. The molecule has 32 heavy (non-hydrogen) atoms. The number of hydrogen-bond acceptors (Lipinski definition) is 6. The number of ether oxygens (including phenoxy) is 1. The average molecular weight is 445 g/mol. The molecule has 1 aliphatic rings. The van der Waals surface area contributed by atoms with Crippen LogP contribution in [0.15, 0.2) is 82.8 Å². The number of fused-ring (bicyclic) bond motifs is 1. The second-order valence-corrected chi connectivity index (χ2v) is 8.37. The summed E-state index contributed by atoms with van der Waals surface area (Å²) in [5.41, 5.74) is 3.76. The number of aromatic nitrogens is 1. The summed E-state index contributed by atoms with van der Waals surface area (Å²) in [6.07, 6.45) is 1.85. The van der Waals surface area contributed by atoms with Gasteiger partial charge in [0.25, 0.3) is 5.91 Å². The van der Waals surface area contributed by atoms with Gasteiger partial charge in [0.05, 0.1) is 12.0 Å². The van der Waals surface area contributed by atoms with Gasteiger partial charge in [0.2, 0.25) is 0 Å². The van der Waals surface area contributed by atoms with E-state index in [-0.39, 0.29) is 18.3 Å². The van der Waals surface area contributed by atoms with E-state index in [9.17, 15) is 9.59 Å². The molecule has 3 heterocycles. The van der Waals surface area contributed by atoms with E-state index in [1.54, 1.807) is 12.1 Å². The summed E-state index contributed by atoms with van der Waals surface area (Å²) in [5.74, 6) is -0.575. The van der Waals surface area contributed by atoms with Crippen LogP contribution in [0, 0.1) is 0 Å². The quantitative estimate of drug-likeness (QED) is 0.417. The van der Waals surface area contributed by atoms with Gasteiger partial charge in [-0.15, -0.1) is 11.3 Å². The summed E-state index contributed by atoms with van der Waals surface area (Å²) in [5, 5.41) is 2.76. The molecule has 1 amide bonds. The Morgan fingerprint density at radius 3 is 2.59 bits per heavy atom. The molecule has 2 aromatic heterocycles. The number of nitrogens with zero attached hydrogens (tertiary/aromatic N) is 2. The van der Waals surface area contributed by atoms with Crippen molar-refractivity contribution in [1.29, 1.82) is 0 Å². The molecule has 0 saturated carbocycles. The number of carbonyl (C=O) groups excluding carboxylic acids is 2. The van der Waals surface area contributed by atoms with Crippen LogP contribution in [0.2, 0.25) is 0 Å². The Hall–Kier alpha value is -3.71. The topological polar surface area (TPSA) is 72.6 Å². The van der Waals surface area contributed by atoms with E-state index in [0.717, 1.165) is 21.7 Å². The molecular formula is C25H20N2O4S. The zero-order valence-corrected chi connectivity index (χ0v) is 18.0. The molecule has 4 aromatic rings. The molecule has 0 radical (unpaired) electrons. The monoisotopic (exact) mass is 444 g/mol. The van der Waals surface area contributed by atoms with Crippen LogP contribution in [-0.4, -0.2) is 27.8 Å². The molecule has 0 bridgehead atoms. The first-order valence-electron chi connectivity index (χ1n) is 10.3. The minimum absolute atomic E-state index is 0.0586. The molecule has 2 aromatic carbocycles. The highest BCUT2D eigenvalue weighted by Gasteiger charge is 2.37. The van der Waals surface area contributed by atoms with E-state index in [1.807, 2.05) is 60.0 Å². The summed E-state index contributed by atoms with van der Waals surface area (Å²) in [4.78, 5) is 32.2. The number of furan rings is 1. The van der Waals surface area contributed by atoms with Crippen LogP contribution in [0.3, 0.4) is 0 Å². The van der Waals surface area contributed by atoms with Crippen molar-refractivity contribution in [2.24, 2.45) is 0 Å². The molecule has 7 heteroatoms. The van der Waals surface area contributed by atoms with E-state index in [2.05, 4.69) is 4.98 Å². The van der Waals surface area contributed by atoms with Gasteiger partial charge in [0.1, 0.15) is 17.7 Å². The Balaban J connectivity index is 1.33. The second-order valence-electron chi connectivity index (χ2n) is 7.52. The molecule has 0 spiro atoms. The third-order valence-electron chi connectivity index (χ3n) is 5.45. The lowest BCUT2D eigenvalue weighted by molar-refractivity contribution is -0.151. The molecule has 0 N–H and O–H groups in total. The Morgan fingerprint density at radius 1 is 1.03 bits per heavy atom. The first-order valence-corrected chi connectivity index (χ1v) is 11.1. The highest BCUT2D eigenvalue weighted by atomic mass is 32.1. The van der Waals surface area contributed by atoms with E-state index in [1.165, 1.54) is 22.5 Å². The number of thiazole rings is 1. The van der Waals surface area contributed by atoms with Gasteiger partial charge in [-0.3, -0.25) is 4.79 Å². The van der Waals surface area contributed by atoms with Crippen molar-refractivity contribution >= 4 is 23.2 Å². The van der Waals surface area contributed by atoms with E-state index in [0.29, 0.717) is 18.7 Å². The Morgan fingerprint density at radius 2 is 1.81 bits per heavy atom. The van der Waals surface area contributed by atoms with Crippen molar-refractivity contribution in [3.8, 4) is 10.6 Å². The van der Waals surface area contributed by atoms with Crippen LogP contribution < -0.4 is 0 Å². The molecule has 0 saturated heterocycles. The van der Waals surface area contributed by atoms with E-state index >= 15 is 0 Å². The van der Waals surface area contributed by atoms with E-state index < -0.39 is 12.0 Å². The predicted octanol–water partition coefficient (Wildman–Crippen LogP) is 4.71. The van der Waals surface area contributed by atoms with Gasteiger partial charge < -0.3 is 14.1 Å². The van der Waals surface area contributed by atoms with Crippen molar-refractivity contribution in [2.45, 2.75) is 25.6 Å². The van der Waals surface area contributed by atoms with Crippen LogP contribution in [0.4, 0.5) is 0 Å². The first kappa shape index (κ1) is 20.2. The summed E-state index contributed by atoms with van der Waals surface area (Å²) < 4.78 is 10.9. The Bertz CT molecular complexity index is 1230. The maximum atomic E-state index is 13.1. The van der Waals surface area contributed by atoms with Crippen molar-refractivity contribution in [3.05, 3.63) is 101 Å². The van der Waals surface area contributed by atoms with Crippen LogP contribution in [0.1, 0.15) is 27.4 Å². The molecule has 160 valence electrons. The van der Waals surface area contributed by atoms with Gasteiger partial charge in [-0.05, 0) is 23.3 Å². The van der Waals surface area contributed by atoms with Gasteiger partial charge in [-0.2, -0.15) is 0 Å². The van der Waals surface area contributed by atoms with Crippen molar-refractivity contribution in [3.63, 3.8) is 0 Å². The lowest BCUT2D eigenvalue weighted by atomic mass is 9.93. The van der Waals surface area contributed by atoms with E-state index in [4.69, 9.17) is 9.15 Å². The third kappa shape index (κ3) is 4.07. The lowest BCUT2D eigenvalue weighted by Crippen LogP contribution is -2.49. The van der Waals surface area contributed by atoms with Crippen LogP contribution >= 0.6 is 11.3 Å². The SMILES string of the molecule is O=C(OCc1csc(-c2ccccc2)n1)[C@@H]1Cc2ccccc2CN1C(=O)c1ccco1. The fourth-order valence-corrected chi connectivity index (χ4v) is 4.63. The minimum Gasteiger partial charge on any atom is -0.459 e. The molecular weight excluding hydrogens is 424 g/mol. The minimum atomic E-state index is -0.727. The summed E-state index contributed by atoms with van der Waals surface area (Å²) in [6, 6.07) is 20.2. The first-order chi connectivity index (χ1) is 15.7. The van der Waals surface area contributed by atoms with Gasteiger partial charge in [0, 0.05) is 23.9 Å². The lowest BCUT2D eigenvalue weighted by Gasteiger charge is -2.34. The Kier molecular flexibility index (Phi) is 5.56. The number of rotatable bonds is 5. The Labute approximate surface area is 189 Å². The predicted molar refractivity (Wildman–Crippen MR) is 120 cm³/mol. The maximum absolute atomic E-state index is 13.1. The number of carbonyl (C=O) groups is 2. The van der Waals surface area contributed by atoms with Crippen molar-refractivity contribution in [1.82, 2.24) is 9.88 Å². The molecule has 1 aliphatic heterocycles. The number of benzene rings is 2. The summed E-state index contributed by atoms with van der Waals surface area (Å²) in [7, 11) is 0. The zero-order chi connectivity index (χ0) is 21.9.